The zero-order valence-electron chi connectivity index (χ0n) is 11.0. The maximum absolute atomic E-state index is 10.3. The summed E-state index contributed by atoms with van der Waals surface area (Å²) in [6.45, 7) is 4.41. The number of nitrogens with zero attached hydrogens (tertiary/aromatic N) is 3. The second-order valence-electron chi connectivity index (χ2n) is 5.71. The first kappa shape index (κ1) is 12.5. The first-order valence-corrected chi connectivity index (χ1v) is 7.06. The summed E-state index contributed by atoms with van der Waals surface area (Å²) in [6.07, 6.45) is 3.24. The van der Waals surface area contributed by atoms with Crippen molar-refractivity contribution in [3.8, 4) is 0 Å². The fourth-order valence-corrected chi connectivity index (χ4v) is 3.28. The van der Waals surface area contributed by atoms with E-state index in [4.69, 9.17) is 11.6 Å². The summed E-state index contributed by atoms with van der Waals surface area (Å²) in [5, 5.41) is 15.5. The molecule has 1 aromatic heterocycles. The molecule has 1 aromatic rings. The molecule has 100 valence electrons. The Kier molecular flexibility index (Phi) is 2.92. The van der Waals surface area contributed by atoms with E-state index in [0.717, 1.165) is 42.5 Å². The van der Waals surface area contributed by atoms with Gasteiger partial charge in [0.15, 0.2) is 0 Å². The maximum Gasteiger partial charge on any atom is 0.0928 e. The van der Waals surface area contributed by atoms with Gasteiger partial charge in [-0.25, -0.2) is 0 Å². The molecule has 1 aliphatic heterocycles. The Morgan fingerprint density at radius 1 is 1.44 bits per heavy atom. The van der Waals surface area contributed by atoms with Crippen LogP contribution >= 0.6 is 11.6 Å². The molecule has 1 saturated heterocycles. The van der Waals surface area contributed by atoms with Crippen molar-refractivity contribution in [2.75, 3.05) is 13.1 Å². The lowest BCUT2D eigenvalue weighted by molar-refractivity contribution is -0.117. The van der Waals surface area contributed by atoms with Gasteiger partial charge in [0.2, 0.25) is 0 Å². The van der Waals surface area contributed by atoms with Crippen LogP contribution in [0.5, 0.6) is 0 Å². The van der Waals surface area contributed by atoms with Crippen molar-refractivity contribution in [1.82, 2.24) is 14.7 Å². The molecule has 1 aliphatic carbocycles. The maximum atomic E-state index is 10.3. The van der Waals surface area contributed by atoms with Gasteiger partial charge in [-0.05, 0) is 25.2 Å². The van der Waals surface area contributed by atoms with E-state index in [1.165, 1.54) is 12.8 Å². The lowest BCUT2D eigenvalue weighted by Crippen LogP contribution is -2.62. The molecule has 0 atom stereocenters. The molecular formula is C13H20ClN3O. The Hall–Kier alpha value is -0.580. The number of aromatic nitrogens is 2. The van der Waals surface area contributed by atoms with E-state index in [2.05, 4.69) is 16.9 Å². The molecule has 0 amide bonds. The van der Waals surface area contributed by atoms with Gasteiger partial charge in [-0.2, -0.15) is 5.10 Å². The lowest BCUT2D eigenvalue weighted by atomic mass is 9.88. The van der Waals surface area contributed by atoms with Crippen LogP contribution in [0.3, 0.4) is 0 Å². The van der Waals surface area contributed by atoms with E-state index >= 15 is 0 Å². The molecule has 18 heavy (non-hydrogen) atoms. The minimum absolute atomic E-state index is 0.418. The number of hydrogen-bond acceptors (Lipinski definition) is 3. The Labute approximate surface area is 113 Å². The molecule has 0 aromatic carbocycles. The largest absolute Gasteiger partial charge is 0.387 e. The van der Waals surface area contributed by atoms with Gasteiger partial charge in [0.05, 0.1) is 22.0 Å². The molecule has 0 radical (unpaired) electrons. The molecule has 1 N–H and O–H groups in total. The number of hydrogen-bond donors (Lipinski definition) is 1. The molecule has 2 heterocycles. The van der Waals surface area contributed by atoms with Gasteiger partial charge in [0.1, 0.15) is 0 Å². The zero-order chi connectivity index (χ0) is 12.9. The summed E-state index contributed by atoms with van der Waals surface area (Å²) < 4.78 is 1.87. The van der Waals surface area contributed by atoms with Gasteiger partial charge >= 0.3 is 0 Å². The third-order valence-electron chi connectivity index (χ3n) is 4.21. The van der Waals surface area contributed by atoms with Crippen molar-refractivity contribution in [2.24, 2.45) is 13.0 Å². The van der Waals surface area contributed by atoms with E-state index in [1.807, 2.05) is 11.7 Å². The molecule has 3 rings (SSSR count). The Morgan fingerprint density at radius 3 is 2.61 bits per heavy atom. The summed E-state index contributed by atoms with van der Waals surface area (Å²) in [4.78, 5) is 2.25. The van der Waals surface area contributed by atoms with Crippen LogP contribution in [0.2, 0.25) is 5.02 Å². The molecular weight excluding hydrogens is 250 g/mol. The number of aliphatic hydroxyl groups is 1. The minimum atomic E-state index is -0.418. The number of halogens is 1. The second kappa shape index (κ2) is 4.22. The molecule has 0 spiro atoms. The first-order chi connectivity index (χ1) is 8.53. The highest BCUT2D eigenvalue weighted by Gasteiger charge is 2.51. The quantitative estimate of drug-likeness (QED) is 0.903. The van der Waals surface area contributed by atoms with Crippen LogP contribution in [0.4, 0.5) is 0 Å². The molecule has 5 heteroatoms. The summed E-state index contributed by atoms with van der Waals surface area (Å²) >= 11 is 6.33. The average molecular weight is 270 g/mol. The van der Waals surface area contributed by atoms with Crippen LogP contribution in [-0.4, -0.2) is 38.5 Å². The van der Waals surface area contributed by atoms with Crippen LogP contribution in [0.1, 0.15) is 31.2 Å². The summed E-state index contributed by atoms with van der Waals surface area (Å²) in [5.74, 6) is 0.543. The molecule has 1 saturated carbocycles. The fourth-order valence-electron chi connectivity index (χ4n) is 2.92. The number of likely N-dealkylation sites (tertiary alicyclic amines) is 1. The highest BCUT2D eigenvalue weighted by atomic mass is 35.5. The van der Waals surface area contributed by atoms with E-state index in [-0.39, 0.29) is 0 Å². The van der Waals surface area contributed by atoms with E-state index in [9.17, 15) is 5.11 Å². The predicted molar refractivity (Wildman–Crippen MR) is 70.5 cm³/mol. The summed E-state index contributed by atoms with van der Waals surface area (Å²) in [7, 11) is 1.94. The van der Waals surface area contributed by atoms with Crippen LogP contribution in [-0.2, 0) is 20.0 Å². The van der Waals surface area contributed by atoms with Crippen molar-refractivity contribution in [2.45, 2.75) is 38.3 Å². The van der Waals surface area contributed by atoms with Gasteiger partial charge in [-0.15, -0.1) is 0 Å². The van der Waals surface area contributed by atoms with Crippen molar-refractivity contribution in [3.05, 3.63) is 16.4 Å². The molecule has 4 nitrogen and oxygen atoms in total. The summed E-state index contributed by atoms with van der Waals surface area (Å²) in [6, 6.07) is 0. The lowest BCUT2D eigenvalue weighted by Gasteiger charge is -2.47. The van der Waals surface area contributed by atoms with Crippen molar-refractivity contribution < 1.29 is 5.11 Å². The van der Waals surface area contributed by atoms with E-state index in [1.54, 1.807) is 0 Å². The van der Waals surface area contributed by atoms with Gasteiger partial charge in [-0.1, -0.05) is 18.5 Å². The zero-order valence-corrected chi connectivity index (χ0v) is 11.7. The van der Waals surface area contributed by atoms with Crippen molar-refractivity contribution >= 4 is 11.6 Å². The highest BCUT2D eigenvalue weighted by molar-refractivity contribution is 6.31. The van der Waals surface area contributed by atoms with Gasteiger partial charge in [-0.3, -0.25) is 9.58 Å². The second-order valence-corrected chi connectivity index (χ2v) is 6.09. The predicted octanol–water partition coefficient (Wildman–Crippen LogP) is 1.59. The fraction of sp³-hybridized carbons (Fsp3) is 0.769. The highest BCUT2D eigenvalue weighted by Crippen LogP contribution is 2.45. The number of rotatable bonds is 4. The molecule has 2 aliphatic rings. The number of aryl methyl sites for hydroxylation is 2. The van der Waals surface area contributed by atoms with E-state index < -0.39 is 5.60 Å². The van der Waals surface area contributed by atoms with Gasteiger partial charge in [0.25, 0.3) is 0 Å². The van der Waals surface area contributed by atoms with Gasteiger partial charge in [0, 0.05) is 26.7 Å². The molecule has 2 fully saturated rings. The molecule has 0 bridgehead atoms. The normalized spacial score (nSPS) is 23.1. The third kappa shape index (κ3) is 1.96. The van der Waals surface area contributed by atoms with Crippen LogP contribution in [0, 0.1) is 5.92 Å². The Bertz CT molecular complexity index is 461. The number of β-amino-alcohol motifs (C(OH)–C–C–N with tert-alkyl or cyclic N) is 1. The monoisotopic (exact) mass is 269 g/mol. The van der Waals surface area contributed by atoms with Crippen LogP contribution < -0.4 is 0 Å². The molecule has 0 unspecified atom stereocenters. The average Bonchev–Trinajstić information content (AvgIpc) is 3.09. The third-order valence-corrected chi connectivity index (χ3v) is 4.64. The summed E-state index contributed by atoms with van der Waals surface area (Å²) in [5.41, 5.74) is 1.61. The van der Waals surface area contributed by atoms with Crippen molar-refractivity contribution in [1.29, 1.82) is 0 Å². The first-order valence-electron chi connectivity index (χ1n) is 6.68. The van der Waals surface area contributed by atoms with Crippen LogP contribution in [0.25, 0.3) is 0 Å². The van der Waals surface area contributed by atoms with Crippen LogP contribution in [0.15, 0.2) is 0 Å². The van der Waals surface area contributed by atoms with E-state index in [0.29, 0.717) is 5.92 Å². The van der Waals surface area contributed by atoms with Gasteiger partial charge < -0.3 is 5.11 Å². The minimum Gasteiger partial charge on any atom is -0.387 e. The smallest absolute Gasteiger partial charge is 0.0928 e. The standard InChI is InChI=1S/C13H20ClN3O/c1-3-10-12(14)11(16(2)15-10)6-17-7-13(18,8-17)9-4-5-9/h9,18H,3-8H2,1-2H3. The SMILES string of the molecule is CCc1nn(C)c(CN2CC(O)(C3CC3)C2)c1Cl. The Balaban J connectivity index is 1.66. The Morgan fingerprint density at radius 2 is 2.11 bits per heavy atom. The topological polar surface area (TPSA) is 41.3 Å². The van der Waals surface area contributed by atoms with Crippen molar-refractivity contribution in [3.63, 3.8) is 0 Å².